The molecule has 1 fully saturated rings. The van der Waals surface area contributed by atoms with Gasteiger partial charge in [0, 0.05) is 11.3 Å². The molecular weight excluding hydrogens is 472 g/mol. The number of nitrogens with zero attached hydrogens (tertiary/aromatic N) is 3. The number of thiophene rings is 1. The van der Waals surface area contributed by atoms with E-state index in [2.05, 4.69) is 26.1 Å². The lowest BCUT2D eigenvalue weighted by atomic mass is 10.1. The third-order valence-corrected chi connectivity index (χ3v) is 7.90. The Kier molecular flexibility index (Phi) is 4.95. The van der Waals surface area contributed by atoms with Crippen molar-refractivity contribution in [2.45, 2.75) is 61.3 Å². The third-order valence-electron chi connectivity index (χ3n) is 4.86. The van der Waals surface area contributed by atoms with Crippen molar-refractivity contribution in [3.8, 4) is 5.00 Å². The molecule has 2 aliphatic carbocycles. The number of hydrogen-bond acceptors (Lipinski definition) is 5. The van der Waals surface area contributed by atoms with Crippen LogP contribution in [-0.4, -0.2) is 36.5 Å². The van der Waals surface area contributed by atoms with Crippen LogP contribution in [0.3, 0.4) is 0 Å². The monoisotopic (exact) mass is 489 g/mol. The number of aliphatic carboxylic acids is 1. The molecule has 1 N–H and O–H groups in total. The zero-order valence-corrected chi connectivity index (χ0v) is 18.4. The van der Waals surface area contributed by atoms with E-state index in [1.54, 1.807) is 35.8 Å². The predicted molar refractivity (Wildman–Crippen MR) is 109 cm³/mol. The minimum absolute atomic E-state index is 0.241. The van der Waals surface area contributed by atoms with Gasteiger partial charge in [-0.2, -0.15) is 0 Å². The number of halogens is 3. The van der Waals surface area contributed by atoms with Crippen molar-refractivity contribution in [2.24, 2.45) is 0 Å². The zero-order chi connectivity index (χ0) is 20.3. The van der Waals surface area contributed by atoms with Crippen LogP contribution in [0.4, 0.5) is 8.78 Å². The van der Waals surface area contributed by atoms with Gasteiger partial charge < -0.3 is 5.11 Å². The van der Waals surface area contributed by atoms with Gasteiger partial charge in [0.1, 0.15) is 9.75 Å². The minimum Gasteiger partial charge on any atom is -0.480 e. The summed E-state index contributed by atoms with van der Waals surface area (Å²) in [5.41, 5.74) is 1.74. The highest BCUT2D eigenvalue weighted by Crippen LogP contribution is 2.51. The van der Waals surface area contributed by atoms with Crippen LogP contribution in [-0.2, 0) is 11.2 Å². The fourth-order valence-corrected chi connectivity index (χ4v) is 6.20. The van der Waals surface area contributed by atoms with Crippen LogP contribution >= 0.6 is 39.0 Å². The third kappa shape index (κ3) is 3.66. The summed E-state index contributed by atoms with van der Waals surface area (Å²) in [7, 11) is 0. The van der Waals surface area contributed by atoms with Crippen molar-refractivity contribution < 1.29 is 18.7 Å². The van der Waals surface area contributed by atoms with Crippen LogP contribution in [0.2, 0.25) is 0 Å². The highest BCUT2D eigenvalue weighted by molar-refractivity contribution is 9.10. The molecule has 0 spiro atoms. The minimum atomic E-state index is -2.83. The van der Waals surface area contributed by atoms with Gasteiger partial charge in [-0.1, -0.05) is 17.8 Å². The molecular formula is C18H18BrF2N3O2S2. The highest BCUT2D eigenvalue weighted by Gasteiger charge is 2.37. The Balaban J connectivity index is 1.83. The van der Waals surface area contributed by atoms with Gasteiger partial charge in [-0.05, 0) is 72.2 Å². The lowest BCUT2D eigenvalue weighted by Crippen LogP contribution is -2.27. The van der Waals surface area contributed by atoms with Gasteiger partial charge in [-0.25, -0.2) is 8.78 Å². The second-order valence-corrected chi connectivity index (χ2v) is 10.9. The number of fused-ring (bicyclic) bond motifs is 1. The Morgan fingerprint density at radius 1 is 1.43 bits per heavy atom. The quantitative estimate of drug-likeness (QED) is 0.560. The van der Waals surface area contributed by atoms with E-state index in [4.69, 9.17) is 0 Å². The number of carboxylic acid groups (broad SMARTS) is 1. The van der Waals surface area contributed by atoms with Crippen LogP contribution in [0.15, 0.2) is 16.0 Å². The lowest BCUT2D eigenvalue weighted by Gasteiger charge is -2.18. The number of carbonyl (C=O) groups is 1. The summed E-state index contributed by atoms with van der Waals surface area (Å²) in [6.45, 7) is 3.20. The number of alkyl halides is 2. The standard InChI is InChI=1S/C18H18BrF2N3O2S2/c1-17(2,14(25)26)28-16-23-22-15(19)24(16)13-11-6-8-18(20,21)7-5-10(11)12(27-13)9-3-4-9/h5,7,9H,3-4,6,8H2,1-2H3,(H,25,26). The number of allylic oxidation sites excluding steroid dienone is 1. The Labute approximate surface area is 177 Å². The van der Waals surface area contributed by atoms with Gasteiger partial charge >= 0.3 is 5.97 Å². The molecule has 2 aromatic rings. The summed E-state index contributed by atoms with van der Waals surface area (Å²) in [5, 5.41) is 18.9. The molecule has 0 aromatic carbocycles. The lowest BCUT2D eigenvalue weighted by molar-refractivity contribution is -0.138. The molecule has 4 rings (SSSR count). The molecule has 2 aliphatic rings. The normalized spacial score (nSPS) is 18.8. The van der Waals surface area contributed by atoms with Crippen molar-refractivity contribution in [3.05, 3.63) is 26.8 Å². The van der Waals surface area contributed by atoms with E-state index in [9.17, 15) is 18.7 Å². The van der Waals surface area contributed by atoms with Crippen molar-refractivity contribution in [2.75, 3.05) is 0 Å². The van der Waals surface area contributed by atoms with Crippen molar-refractivity contribution in [1.29, 1.82) is 0 Å². The summed E-state index contributed by atoms with van der Waals surface area (Å²) >= 11 is 6.06. The van der Waals surface area contributed by atoms with E-state index < -0.39 is 16.6 Å². The number of hydrogen-bond donors (Lipinski definition) is 1. The Morgan fingerprint density at radius 3 is 2.79 bits per heavy atom. The summed E-state index contributed by atoms with van der Waals surface area (Å²) in [6, 6.07) is 0. The number of aromatic nitrogens is 3. The average molecular weight is 490 g/mol. The van der Waals surface area contributed by atoms with Crippen LogP contribution in [0.25, 0.3) is 11.1 Å². The van der Waals surface area contributed by atoms with Crippen molar-refractivity contribution in [3.63, 3.8) is 0 Å². The molecule has 28 heavy (non-hydrogen) atoms. The summed E-state index contributed by atoms with van der Waals surface area (Å²) in [6.07, 6.45) is 4.67. The van der Waals surface area contributed by atoms with Crippen LogP contribution in [0, 0.1) is 0 Å². The molecule has 0 saturated heterocycles. The zero-order valence-electron chi connectivity index (χ0n) is 15.2. The van der Waals surface area contributed by atoms with Crippen molar-refractivity contribution >= 4 is 51.1 Å². The predicted octanol–water partition coefficient (Wildman–Crippen LogP) is 5.52. The number of carboxylic acids is 1. The first-order chi connectivity index (χ1) is 13.1. The van der Waals surface area contributed by atoms with E-state index in [-0.39, 0.29) is 12.8 Å². The van der Waals surface area contributed by atoms with E-state index in [1.807, 2.05) is 0 Å². The topological polar surface area (TPSA) is 68.0 Å². The SMILES string of the molecule is CC(C)(Sc1nnc(Br)n1-c1sc(C2CC2)c2c1CCC(F)(F)C=C2)C(=O)O. The molecule has 0 unspecified atom stereocenters. The van der Waals surface area contributed by atoms with Gasteiger partial charge in [0.15, 0.2) is 5.16 Å². The fraction of sp³-hybridized carbons (Fsp3) is 0.500. The van der Waals surface area contributed by atoms with Gasteiger partial charge in [0.05, 0.1) is 0 Å². The first-order valence-electron chi connectivity index (χ1n) is 8.85. The van der Waals surface area contributed by atoms with Crippen molar-refractivity contribution in [1.82, 2.24) is 14.8 Å². The van der Waals surface area contributed by atoms with Gasteiger partial charge in [-0.3, -0.25) is 9.36 Å². The summed E-state index contributed by atoms with van der Waals surface area (Å²) < 4.78 is 29.1. The van der Waals surface area contributed by atoms with E-state index in [0.717, 1.165) is 51.7 Å². The van der Waals surface area contributed by atoms with E-state index >= 15 is 0 Å². The maximum atomic E-state index is 14.0. The molecule has 5 nitrogen and oxygen atoms in total. The summed E-state index contributed by atoms with van der Waals surface area (Å²) in [5.74, 6) is -3.39. The highest BCUT2D eigenvalue weighted by atomic mass is 79.9. The Hall–Kier alpha value is -1.26. The largest absolute Gasteiger partial charge is 0.480 e. The average Bonchev–Trinajstić information content (AvgIpc) is 3.33. The molecule has 0 aliphatic heterocycles. The Morgan fingerprint density at radius 2 is 2.14 bits per heavy atom. The fourth-order valence-electron chi connectivity index (χ4n) is 3.08. The first-order valence-corrected chi connectivity index (χ1v) is 11.3. The maximum Gasteiger partial charge on any atom is 0.319 e. The molecule has 1 saturated carbocycles. The molecule has 2 heterocycles. The smallest absolute Gasteiger partial charge is 0.319 e. The van der Waals surface area contributed by atoms with Crippen LogP contribution in [0.5, 0.6) is 0 Å². The molecule has 0 amide bonds. The first kappa shape index (κ1) is 20.0. The second-order valence-electron chi connectivity index (χ2n) is 7.54. The number of rotatable bonds is 5. The van der Waals surface area contributed by atoms with Gasteiger partial charge in [0.2, 0.25) is 4.73 Å². The molecule has 0 radical (unpaired) electrons. The summed E-state index contributed by atoms with van der Waals surface area (Å²) in [4.78, 5) is 12.7. The van der Waals surface area contributed by atoms with Gasteiger partial charge in [-0.15, -0.1) is 21.5 Å². The molecule has 10 heteroatoms. The van der Waals surface area contributed by atoms with E-state index in [0.29, 0.717) is 15.8 Å². The second kappa shape index (κ2) is 6.91. The van der Waals surface area contributed by atoms with Crippen LogP contribution < -0.4 is 0 Å². The molecule has 2 aromatic heterocycles. The maximum absolute atomic E-state index is 14.0. The molecule has 0 atom stereocenters. The van der Waals surface area contributed by atoms with Crippen LogP contribution in [0.1, 0.15) is 55.0 Å². The molecule has 150 valence electrons. The number of thioether (sulfide) groups is 1. The van der Waals surface area contributed by atoms with Gasteiger partial charge in [0.25, 0.3) is 5.92 Å². The molecule has 0 bridgehead atoms. The Bertz CT molecular complexity index is 980. The van der Waals surface area contributed by atoms with E-state index in [1.165, 1.54) is 0 Å².